The number of carboxylic acids is 1. The van der Waals surface area contributed by atoms with Crippen LogP contribution in [0.3, 0.4) is 0 Å². The Hall–Kier alpha value is -2.10. The SMILES string of the molecule is CC/C=C\C/C=C\C/C=C\C/C=C\CCCCCCC(=O)OC(CCC)CCCCCC(=O)O. The van der Waals surface area contributed by atoms with Gasteiger partial charge in [-0.05, 0) is 70.6 Å². The minimum atomic E-state index is -0.741. The van der Waals surface area contributed by atoms with E-state index in [0.717, 1.165) is 89.9 Å². The number of hydrogen-bond acceptors (Lipinski definition) is 3. The van der Waals surface area contributed by atoms with Gasteiger partial charge in [-0.3, -0.25) is 9.59 Å². The number of ether oxygens (including phenoxy) is 1. The van der Waals surface area contributed by atoms with E-state index in [4.69, 9.17) is 9.84 Å². The number of hydrogen-bond donors (Lipinski definition) is 1. The molecule has 0 radical (unpaired) electrons. The van der Waals surface area contributed by atoms with Crippen molar-refractivity contribution in [3.63, 3.8) is 0 Å². The van der Waals surface area contributed by atoms with Gasteiger partial charge in [-0.1, -0.05) is 88.1 Å². The van der Waals surface area contributed by atoms with Crippen LogP contribution in [-0.4, -0.2) is 23.1 Å². The molecule has 0 aromatic rings. The molecule has 0 rings (SSSR count). The molecule has 0 heterocycles. The van der Waals surface area contributed by atoms with Crippen LogP contribution in [0.2, 0.25) is 0 Å². The Labute approximate surface area is 209 Å². The van der Waals surface area contributed by atoms with Gasteiger partial charge in [0, 0.05) is 12.8 Å². The molecule has 0 aliphatic rings. The number of carbonyl (C=O) groups excluding carboxylic acids is 1. The lowest BCUT2D eigenvalue weighted by Crippen LogP contribution is -2.18. The molecule has 0 spiro atoms. The minimum absolute atomic E-state index is 0.0134. The van der Waals surface area contributed by atoms with Crippen LogP contribution in [0, 0.1) is 0 Å². The number of esters is 1. The van der Waals surface area contributed by atoms with E-state index >= 15 is 0 Å². The van der Waals surface area contributed by atoms with Crippen molar-refractivity contribution in [1.82, 2.24) is 0 Å². The standard InChI is InChI=1S/C30H50O4/c1-3-5-6-7-8-9-10-11-12-13-14-15-16-17-18-19-23-27-30(33)34-28(24-4-2)25-21-20-22-26-29(31)32/h5-6,8-9,11-12,14-15,28H,3-4,7,10,13,16-27H2,1-2H3,(H,31,32)/b6-5-,9-8-,12-11-,15-14-. The van der Waals surface area contributed by atoms with E-state index in [9.17, 15) is 9.59 Å². The molecule has 194 valence electrons. The summed E-state index contributed by atoms with van der Waals surface area (Å²) < 4.78 is 5.67. The molecule has 0 amide bonds. The van der Waals surface area contributed by atoms with Crippen molar-refractivity contribution in [2.24, 2.45) is 0 Å². The fourth-order valence-electron chi connectivity index (χ4n) is 3.64. The van der Waals surface area contributed by atoms with Crippen molar-refractivity contribution >= 4 is 11.9 Å². The van der Waals surface area contributed by atoms with E-state index in [1.807, 2.05) is 0 Å². The van der Waals surface area contributed by atoms with Gasteiger partial charge in [0.1, 0.15) is 6.10 Å². The van der Waals surface area contributed by atoms with Crippen LogP contribution in [0.5, 0.6) is 0 Å². The zero-order valence-electron chi connectivity index (χ0n) is 21.9. The average molecular weight is 475 g/mol. The van der Waals surface area contributed by atoms with Crippen molar-refractivity contribution in [3.8, 4) is 0 Å². The van der Waals surface area contributed by atoms with Crippen molar-refractivity contribution in [2.45, 2.75) is 129 Å². The van der Waals surface area contributed by atoms with E-state index in [2.05, 4.69) is 62.5 Å². The van der Waals surface area contributed by atoms with Gasteiger partial charge in [-0.2, -0.15) is 0 Å². The number of carboxylic acid groups (broad SMARTS) is 1. The molecule has 1 atom stereocenters. The molecule has 4 heteroatoms. The summed E-state index contributed by atoms with van der Waals surface area (Å²) in [4.78, 5) is 22.7. The summed E-state index contributed by atoms with van der Waals surface area (Å²) in [6.45, 7) is 4.25. The molecule has 0 aromatic carbocycles. The van der Waals surface area contributed by atoms with E-state index in [0.29, 0.717) is 12.8 Å². The van der Waals surface area contributed by atoms with Crippen molar-refractivity contribution < 1.29 is 19.4 Å². The lowest BCUT2D eigenvalue weighted by Gasteiger charge is -2.17. The molecule has 0 saturated carbocycles. The molecular weight excluding hydrogens is 424 g/mol. The van der Waals surface area contributed by atoms with Crippen molar-refractivity contribution in [2.75, 3.05) is 0 Å². The Kier molecular flexibility index (Phi) is 23.9. The van der Waals surface area contributed by atoms with Crippen LogP contribution in [0.25, 0.3) is 0 Å². The molecule has 0 fully saturated rings. The largest absolute Gasteiger partial charge is 0.481 e. The Morgan fingerprint density at radius 1 is 0.676 bits per heavy atom. The number of rotatable bonds is 23. The smallest absolute Gasteiger partial charge is 0.306 e. The first-order chi connectivity index (χ1) is 16.6. The van der Waals surface area contributed by atoms with Gasteiger partial charge < -0.3 is 9.84 Å². The third-order valence-electron chi connectivity index (χ3n) is 5.55. The second-order valence-electron chi connectivity index (χ2n) is 8.85. The average Bonchev–Trinajstić information content (AvgIpc) is 2.80. The fourth-order valence-corrected chi connectivity index (χ4v) is 3.64. The highest BCUT2D eigenvalue weighted by Gasteiger charge is 2.13. The maximum absolute atomic E-state index is 12.1. The van der Waals surface area contributed by atoms with E-state index in [-0.39, 0.29) is 18.5 Å². The Bertz CT molecular complexity index is 601. The zero-order chi connectivity index (χ0) is 25.1. The quantitative estimate of drug-likeness (QED) is 0.0912. The molecule has 4 nitrogen and oxygen atoms in total. The predicted octanol–water partition coefficient (Wildman–Crippen LogP) is 8.88. The van der Waals surface area contributed by atoms with Crippen LogP contribution < -0.4 is 0 Å². The van der Waals surface area contributed by atoms with Gasteiger partial charge in [-0.15, -0.1) is 0 Å². The van der Waals surface area contributed by atoms with Gasteiger partial charge in [-0.25, -0.2) is 0 Å². The molecular formula is C30H50O4. The number of allylic oxidation sites excluding steroid dienone is 8. The molecule has 0 aliphatic heterocycles. The number of unbranched alkanes of at least 4 members (excludes halogenated alkanes) is 6. The molecule has 0 bridgehead atoms. The van der Waals surface area contributed by atoms with Crippen LogP contribution >= 0.6 is 0 Å². The molecule has 1 unspecified atom stereocenters. The minimum Gasteiger partial charge on any atom is -0.481 e. The highest BCUT2D eigenvalue weighted by Crippen LogP contribution is 2.15. The van der Waals surface area contributed by atoms with Gasteiger partial charge in [0.2, 0.25) is 0 Å². The van der Waals surface area contributed by atoms with Gasteiger partial charge in [0.15, 0.2) is 0 Å². The van der Waals surface area contributed by atoms with Crippen LogP contribution in [-0.2, 0) is 14.3 Å². The maximum atomic E-state index is 12.1. The van der Waals surface area contributed by atoms with E-state index in [1.54, 1.807) is 0 Å². The lowest BCUT2D eigenvalue weighted by atomic mass is 10.1. The lowest BCUT2D eigenvalue weighted by molar-refractivity contribution is -0.150. The van der Waals surface area contributed by atoms with E-state index < -0.39 is 5.97 Å². The summed E-state index contributed by atoms with van der Waals surface area (Å²) >= 11 is 0. The predicted molar refractivity (Wildman–Crippen MR) is 144 cm³/mol. The summed E-state index contributed by atoms with van der Waals surface area (Å²) in [5.41, 5.74) is 0. The fraction of sp³-hybridized carbons (Fsp3) is 0.667. The normalized spacial score (nSPS) is 13.0. The maximum Gasteiger partial charge on any atom is 0.306 e. The molecule has 0 aromatic heterocycles. The van der Waals surface area contributed by atoms with Gasteiger partial charge in [0.05, 0.1) is 0 Å². The highest BCUT2D eigenvalue weighted by molar-refractivity contribution is 5.69. The first kappa shape index (κ1) is 31.9. The van der Waals surface area contributed by atoms with E-state index in [1.165, 1.54) is 0 Å². The third kappa shape index (κ3) is 24.5. The summed E-state index contributed by atoms with van der Waals surface area (Å²) in [5, 5.41) is 8.69. The van der Waals surface area contributed by atoms with Crippen molar-refractivity contribution in [1.29, 1.82) is 0 Å². The number of carbonyl (C=O) groups is 2. The molecule has 1 N–H and O–H groups in total. The summed E-state index contributed by atoms with van der Waals surface area (Å²) in [5.74, 6) is -0.821. The summed E-state index contributed by atoms with van der Waals surface area (Å²) in [7, 11) is 0. The Morgan fingerprint density at radius 3 is 1.85 bits per heavy atom. The van der Waals surface area contributed by atoms with Gasteiger partial charge >= 0.3 is 11.9 Å². The van der Waals surface area contributed by atoms with Gasteiger partial charge in [0.25, 0.3) is 0 Å². The molecule has 0 aliphatic carbocycles. The zero-order valence-corrected chi connectivity index (χ0v) is 21.9. The first-order valence-electron chi connectivity index (χ1n) is 13.6. The highest BCUT2D eigenvalue weighted by atomic mass is 16.5. The van der Waals surface area contributed by atoms with Crippen LogP contribution in [0.4, 0.5) is 0 Å². The monoisotopic (exact) mass is 474 g/mol. The van der Waals surface area contributed by atoms with Crippen LogP contribution in [0.15, 0.2) is 48.6 Å². The molecule has 0 saturated heterocycles. The topological polar surface area (TPSA) is 63.6 Å². The van der Waals surface area contributed by atoms with Crippen LogP contribution in [0.1, 0.15) is 123 Å². The number of aliphatic carboxylic acids is 1. The molecule has 34 heavy (non-hydrogen) atoms. The summed E-state index contributed by atoms with van der Waals surface area (Å²) in [6, 6.07) is 0. The summed E-state index contributed by atoms with van der Waals surface area (Å²) in [6.07, 6.45) is 33.2. The second kappa shape index (κ2) is 25.5. The Morgan fingerprint density at radius 2 is 1.24 bits per heavy atom. The first-order valence-corrected chi connectivity index (χ1v) is 13.6. The Balaban J connectivity index is 3.68. The van der Waals surface area contributed by atoms with Crippen molar-refractivity contribution in [3.05, 3.63) is 48.6 Å². The third-order valence-corrected chi connectivity index (χ3v) is 5.55. The second-order valence-corrected chi connectivity index (χ2v) is 8.85.